The van der Waals surface area contributed by atoms with Crippen molar-refractivity contribution in [2.75, 3.05) is 47.5 Å². The Morgan fingerprint density at radius 2 is 0.562 bits per heavy atom. The molecule has 9 nitrogen and oxygen atoms in total. The summed E-state index contributed by atoms with van der Waals surface area (Å²) in [6, 6.07) is 0. The summed E-state index contributed by atoms with van der Waals surface area (Å²) in [4.78, 5) is 36.0. The van der Waals surface area contributed by atoms with E-state index in [1.54, 1.807) is 0 Å². The molecule has 0 bridgehead atoms. The Hall–Kier alpha value is -4.63. The summed E-state index contributed by atoms with van der Waals surface area (Å²) < 4.78 is 34.8. The van der Waals surface area contributed by atoms with Gasteiger partial charge in [0.2, 0.25) is 0 Å². The number of unbranched alkanes of at least 4 members (excludes halogenated alkanes) is 28. The fourth-order valence-corrected chi connectivity index (χ4v) is 11.1. The average molecular weight is 1350 g/mol. The molecule has 0 amide bonds. The Morgan fingerprint density at radius 1 is 0.323 bits per heavy atom. The summed E-state index contributed by atoms with van der Waals surface area (Å²) in [6.07, 6.45) is 113. The maximum absolute atomic E-state index is 12.9. The lowest BCUT2D eigenvalue weighted by molar-refractivity contribution is -0.870. The van der Waals surface area contributed by atoms with Crippen LogP contribution in [0, 0.1) is 0 Å². The summed E-state index contributed by atoms with van der Waals surface area (Å²) in [5, 5.41) is 0. The summed E-state index contributed by atoms with van der Waals surface area (Å²) >= 11 is 0. The van der Waals surface area contributed by atoms with Gasteiger partial charge < -0.3 is 18.9 Å². The predicted octanol–water partition coefficient (Wildman–Crippen LogP) is 26.1. The van der Waals surface area contributed by atoms with E-state index in [9.17, 15) is 19.0 Å². The minimum absolute atomic E-state index is 0.0249. The van der Waals surface area contributed by atoms with Crippen molar-refractivity contribution in [1.29, 1.82) is 0 Å². The van der Waals surface area contributed by atoms with Crippen molar-refractivity contribution in [3.63, 3.8) is 0 Å². The van der Waals surface area contributed by atoms with Gasteiger partial charge in [-0.1, -0.05) is 338 Å². The standard InChI is InChI=1S/C86H144NO8P/c1-6-8-10-12-14-16-18-20-22-24-26-28-30-32-34-36-38-40-41-42-43-44-45-47-49-51-53-55-57-59-61-63-65-67-69-71-73-75-77-79-86(89)95-84(83-94-96(90,91)93-81-80-87(3,4)5)82-92-85(88)78-76-74-72-70-68-66-64-62-60-58-56-54-52-50-48-46-39-37-35-33-31-29-27-25-23-21-19-17-15-13-11-9-7-2/h8-11,14-17,20-23,26-29,32-35,38,40,42-43,45,47,51,53,84H,6-7,12-13,18-19,24-25,30-31,36-37,39,41,44,46,48-50,52,54-83H2,1-5H3/p+1/b10-8-,11-9-,16-14-,17-15-,22-20-,23-21-,28-26-,29-27-,34-32-,35-33-,40-38-,43-42-,47-45-,53-51-. The Kier molecular flexibility index (Phi) is 71.0. The molecule has 10 heteroatoms. The minimum Gasteiger partial charge on any atom is -0.462 e. The van der Waals surface area contributed by atoms with E-state index < -0.39 is 26.5 Å². The number of phosphoric ester groups is 1. The number of allylic oxidation sites excluding steroid dienone is 28. The van der Waals surface area contributed by atoms with Crippen molar-refractivity contribution >= 4 is 19.8 Å². The van der Waals surface area contributed by atoms with Gasteiger partial charge in [-0.25, -0.2) is 4.57 Å². The van der Waals surface area contributed by atoms with Gasteiger partial charge in [-0.2, -0.15) is 0 Å². The zero-order valence-electron chi connectivity index (χ0n) is 62.3. The highest BCUT2D eigenvalue weighted by molar-refractivity contribution is 7.47. The first-order valence-electron chi connectivity index (χ1n) is 38.9. The third-order valence-electron chi connectivity index (χ3n) is 16.2. The van der Waals surface area contributed by atoms with Gasteiger partial charge in [0.1, 0.15) is 19.8 Å². The van der Waals surface area contributed by atoms with E-state index in [2.05, 4.69) is 184 Å². The number of ether oxygens (including phenoxy) is 2. The van der Waals surface area contributed by atoms with Crippen LogP contribution in [0.5, 0.6) is 0 Å². The zero-order chi connectivity index (χ0) is 69.7. The first-order chi connectivity index (χ1) is 47.0. The molecule has 2 atom stereocenters. The maximum Gasteiger partial charge on any atom is 0.472 e. The van der Waals surface area contributed by atoms with Crippen LogP contribution in [0.15, 0.2) is 170 Å². The van der Waals surface area contributed by atoms with E-state index in [-0.39, 0.29) is 32.0 Å². The van der Waals surface area contributed by atoms with Crippen LogP contribution in [0.1, 0.15) is 309 Å². The molecule has 0 fully saturated rings. The van der Waals surface area contributed by atoms with E-state index >= 15 is 0 Å². The molecule has 2 unspecified atom stereocenters. The van der Waals surface area contributed by atoms with Crippen molar-refractivity contribution in [2.24, 2.45) is 0 Å². The molecule has 1 N–H and O–H groups in total. The molecule has 0 radical (unpaired) electrons. The largest absolute Gasteiger partial charge is 0.472 e. The van der Waals surface area contributed by atoms with Crippen LogP contribution in [0.25, 0.3) is 0 Å². The summed E-state index contributed by atoms with van der Waals surface area (Å²) in [6.45, 7) is 4.21. The fraction of sp³-hybridized carbons (Fsp3) is 0.651. The van der Waals surface area contributed by atoms with Gasteiger partial charge in [0.25, 0.3) is 0 Å². The van der Waals surface area contributed by atoms with Gasteiger partial charge in [-0.15, -0.1) is 0 Å². The minimum atomic E-state index is -4.41. The van der Waals surface area contributed by atoms with Gasteiger partial charge in [-0.3, -0.25) is 18.6 Å². The van der Waals surface area contributed by atoms with Gasteiger partial charge in [-0.05, 0) is 128 Å². The first-order valence-corrected chi connectivity index (χ1v) is 40.4. The molecule has 0 rings (SSSR count). The molecule has 0 aliphatic rings. The number of hydrogen-bond donors (Lipinski definition) is 1. The summed E-state index contributed by atoms with van der Waals surface area (Å²) in [7, 11) is 1.47. The molecule has 0 spiro atoms. The first kappa shape index (κ1) is 91.4. The highest BCUT2D eigenvalue weighted by Crippen LogP contribution is 2.43. The van der Waals surface area contributed by atoms with Crippen LogP contribution < -0.4 is 0 Å². The van der Waals surface area contributed by atoms with Crippen molar-refractivity contribution < 1.29 is 42.1 Å². The van der Waals surface area contributed by atoms with E-state index in [0.717, 1.165) is 135 Å². The Labute approximate surface area is 591 Å². The molecule has 0 aromatic rings. The average Bonchev–Trinajstić information content (AvgIpc) is 1.98. The molecular formula is C86H145NO8P+. The molecule has 0 aromatic heterocycles. The van der Waals surface area contributed by atoms with Crippen LogP contribution in [-0.4, -0.2) is 74.9 Å². The second kappa shape index (κ2) is 74.6. The van der Waals surface area contributed by atoms with Crippen LogP contribution in [0.4, 0.5) is 0 Å². The van der Waals surface area contributed by atoms with Crippen molar-refractivity contribution in [3.8, 4) is 0 Å². The number of esters is 2. The molecular weight excluding hydrogens is 1210 g/mol. The number of rotatable bonds is 70. The SMILES string of the molecule is CC/C=C\C/C=C\C/C=C\C/C=C\C/C=C\C/C=C\C/C=C\C/C=C\C/C=C\CCCCCCCCCCCCCC(=O)OC(COC(=O)CCCCCCCCCCCCCCCCCCC/C=C\C/C=C\C/C=C\C/C=C\C/C=C\CC)COP(=O)(O)OCC[N+](C)(C)C. The van der Waals surface area contributed by atoms with Crippen molar-refractivity contribution in [1.82, 2.24) is 0 Å². The topological polar surface area (TPSA) is 108 Å². The van der Waals surface area contributed by atoms with Crippen LogP contribution >= 0.6 is 7.82 Å². The maximum atomic E-state index is 12.9. The molecule has 0 saturated heterocycles. The molecule has 96 heavy (non-hydrogen) atoms. The molecule has 0 saturated carbocycles. The number of quaternary nitrogens is 1. The molecule has 546 valence electrons. The molecule has 0 aromatic carbocycles. The predicted molar refractivity (Wildman–Crippen MR) is 417 cm³/mol. The Bertz CT molecular complexity index is 2230. The second-order valence-corrected chi connectivity index (χ2v) is 28.1. The number of nitrogens with zero attached hydrogens (tertiary/aromatic N) is 1. The van der Waals surface area contributed by atoms with Gasteiger partial charge in [0.15, 0.2) is 6.10 Å². The number of carbonyl (C=O) groups is 2. The summed E-state index contributed by atoms with van der Waals surface area (Å²) in [5.74, 6) is -0.800. The van der Waals surface area contributed by atoms with E-state index in [4.69, 9.17) is 18.5 Å². The van der Waals surface area contributed by atoms with E-state index in [1.165, 1.54) is 141 Å². The monoisotopic (exact) mass is 1350 g/mol. The van der Waals surface area contributed by atoms with E-state index in [1.807, 2.05) is 21.1 Å². The van der Waals surface area contributed by atoms with Gasteiger partial charge >= 0.3 is 19.8 Å². The van der Waals surface area contributed by atoms with E-state index in [0.29, 0.717) is 17.4 Å². The Morgan fingerprint density at radius 3 is 0.833 bits per heavy atom. The lowest BCUT2D eigenvalue weighted by Crippen LogP contribution is -2.37. The number of phosphoric acid groups is 1. The molecule has 0 aliphatic heterocycles. The summed E-state index contributed by atoms with van der Waals surface area (Å²) in [5.41, 5.74) is 0. The third-order valence-corrected chi connectivity index (χ3v) is 17.2. The van der Waals surface area contributed by atoms with Gasteiger partial charge in [0, 0.05) is 12.8 Å². The smallest absolute Gasteiger partial charge is 0.462 e. The van der Waals surface area contributed by atoms with Crippen LogP contribution in [-0.2, 0) is 32.7 Å². The van der Waals surface area contributed by atoms with Gasteiger partial charge in [0.05, 0.1) is 27.7 Å². The molecule has 0 aliphatic carbocycles. The normalized spacial score (nSPS) is 14.0. The molecule has 0 heterocycles. The number of hydrogen-bond acceptors (Lipinski definition) is 7. The lowest BCUT2D eigenvalue weighted by Gasteiger charge is -2.24. The number of carbonyl (C=O) groups excluding carboxylic acids is 2. The van der Waals surface area contributed by atoms with Crippen molar-refractivity contribution in [3.05, 3.63) is 170 Å². The van der Waals surface area contributed by atoms with Crippen LogP contribution in [0.3, 0.4) is 0 Å². The second-order valence-electron chi connectivity index (χ2n) is 26.6. The fourth-order valence-electron chi connectivity index (χ4n) is 10.4. The zero-order valence-corrected chi connectivity index (χ0v) is 63.2. The third kappa shape index (κ3) is 78.4. The quantitative estimate of drug-likeness (QED) is 0.0211. The van der Waals surface area contributed by atoms with Crippen LogP contribution in [0.2, 0.25) is 0 Å². The highest BCUT2D eigenvalue weighted by Gasteiger charge is 2.27. The lowest BCUT2D eigenvalue weighted by atomic mass is 10.0. The highest BCUT2D eigenvalue weighted by atomic mass is 31.2. The Balaban J connectivity index is 4.04. The van der Waals surface area contributed by atoms with Crippen molar-refractivity contribution in [2.45, 2.75) is 315 Å². The number of likely N-dealkylation sites (N-methyl/N-ethyl adjacent to an activating group) is 1.